The molecule has 0 saturated carbocycles. The molecule has 0 radical (unpaired) electrons. The summed E-state index contributed by atoms with van der Waals surface area (Å²) in [5.74, 6) is 1.46. The van der Waals surface area contributed by atoms with E-state index in [4.69, 9.17) is 9.47 Å². The lowest BCUT2D eigenvalue weighted by Crippen LogP contribution is -1.98. The Hall–Kier alpha value is -4.06. The van der Waals surface area contributed by atoms with Crippen LogP contribution in [0.1, 0.15) is 28.3 Å². The minimum Gasteiger partial charge on any atom is -0.496 e. The maximum Gasteiger partial charge on any atom is 0.130 e. The average molecular weight is 412 g/mol. The number of rotatable bonds is 8. The third-order valence-electron chi connectivity index (χ3n) is 4.79. The first kappa shape index (κ1) is 20.2. The molecule has 3 aromatic heterocycles. The summed E-state index contributed by atoms with van der Waals surface area (Å²) in [4.78, 5) is 4.27. The first-order valence-corrected chi connectivity index (χ1v) is 9.95. The third kappa shape index (κ3) is 5.30. The second kappa shape index (κ2) is 9.63. The number of methoxy groups -OCH3 is 1. The van der Waals surface area contributed by atoms with Crippen molar-refractivity contribution in [1.82, 2.24) is 19.7 Å². The molecule has 0 spiro atoms. The van der Waals surface area contributed by atoms with Crippen molar-refractivity contribution in [3.8, 4) is 11.5 Å². The molecule has 0 aliphatic carbocycles. The molecule has 0 saturated heterocycles. The molecule has 0 atom stereocenters. The summed E-state index contributed by atoms with van der Waals surface area (Å²) in [6.07, 6.45) is 11.8. The molecular weight excluding hydrogens is 388 g/mol. The van der Waals surface area contributed by atoms with Crippen molar-refractivity contribution in [2.75, 3.05) is 7.11 Å². The molecule has 156 valence electrons. The van der Waals surface area contributed by atoms with Gasteiger partial charge in [0.2, 0.25) is 0 Å². The molecule has 0 unspecified atom stereocenters. The number of ether oxygens (including phenoxy) is 2. The molecular formula is C25H24N4O2. The molecule has 4 aromatic rings. The summed E-state index contributed by atoms with van der Waals surface area (Å²) in [5, 5.41) is 7.39. The van der Waals surface area contributed by atoms with Crippen LogP contribution in [0.5, 0.6) is 11.5 Å². The summed E-state index contributed by atoms with van der Waals surface area (Å²) >= 11 is 0. The number of aryl methyl sites for hydroxylation is 1. The zero-order valence-electron chi connectivity index (χ0n) is 17.5. The second-order valence-electron chi connectivity index (χ2n) is 6.97. The van der Waals surface area contributed by atoms with Crippen LogP contribution in [0.2, 0.25) is 0 Å². The van der Waals surface area contributed by atoms with Gasteiger partial charge in [-0.3, -0.25) is 10.1 Å². The van der Waals surface area contributed by atoms with Gasteiger partial charge in [-0.15, -0.1) is 0 Å². The first-order chi connectivity index (χ1) is 15.2. The van der Waals surface area contributed by atoms with E-state index in [9.17, 15) is 0 Å². The van der Waals surface area contributed by atoms with Gasteiger partial charge >= 0.3 is 0 Å². The zero-order valence-corrected chi connectivity index (χ0v) is 17.5. The number of hydrogen-bond donors (Lipinski definition) is 1. The Balaban J connectivity index is 1.42. The minimum absolute atomic E-state index is 0.408. The standard InChI is InChI=1S/C25H24N4O2/c1-29-15-5-7-23(29)12-11-21-16-20(27-28-21)10-8-19-9-13-24(17-25(19)30-2)31-18-22-6-3-4-14-26-22/h3-17H,18H2,1-2H3,(H,27,28)/b10-8+,12-11+. The summed E-state index contributed by atoms with van der Waals surface area (Å²) in [6.45, 7) is 0.408. The normalized spacial score (nSPS) is 11.4. The van der Waals surface area contributed by atoms with Gasteiger partial charge in [-0.1, -0.05) is 6.07 Å². The lowest BCUT2D eigenvalue weighted by Gasteiger charge is -2.09. The van der Waals surface area contributed by atoms with Crippen LogP contribution < -0.4 is 9.47 Å². The van der Waals surface area contributed by atoms with Crippen molar-refractivity contribution >= 4 is 24.3 Å². The summed E-state index contributed by atoms with van der Waals surface area (Å²) in [6, 6.07) is 17.6. The molecule has 0 fully saturated rings. The van der Waals surface area contributed by atoms with Crippen molar-refractivity contribution in [3.05, 3.63) is 95.3 Å². The monoisotopic (exact) mass is 412 g/mol. The molecule has 1 aromatic carbocycles. The molecule has 4 rings (SSSR count). The zero-order chi connectivity index (χ0) is 21.5. The van der Waals surface area contributed by atoms with E-state index in [1.807, 2.05) is 86.1 Å². The van der Waals surface area contributed by atoms with Crippen LogP contribution in [0.25, 0.3) is 24.3 Å². The fourth-order valence-corrected chi connectivity index (χ4v) is 3.08. The van der Waals surface area contributed by atoms with Crippen LogP contribution in [0.4, 0.5) is 0 Å². The number of aromatic nitrogens is 4. The van der Waals surface area contributed by atoms with Gasteiger partial charge in [0.25, 0.3) is 0 Å². The number of hydrogen-bond acceptors (Lipinski definition) is 4. The van der Waals surface area contributed by atoms with Gasteiger partial charge in [-0.2, -0.15) is 5.10 Å². The van der Waals surface area contributed by atoms with E-state index in [1.54, 1.807) is 13.3 Å². The summed E-state index contributed by atoms with van der Waals surface area (Å²) in [7, 11) is 3.67. The molecule has 0 bridgehead atoms. The van der Waals surface area contributed by atoms with Crippen LogP contribution >= 0.6 is 0 Å². The van der Waals surface area contributed by atoms with Gasteiger partial charge in [0.05, 0.1) is 24.2 Å². The van der Waals surface area contributed by atoms with Crippen LogP contribution in [0.15, 0.2) is 67.0 Å². The second-order valence-corrected chi connectivity index (χ2v) is 6.97. The number of H-pyrrole nitrogens is 1. The van der Waals surface area contributed by atoms with E-state index in [1.165, 1.54) is 0 Å². The van der Waals surface area contributed by atoms with Crippen LogP contribution in [-0.2, 0) is 13.7 Å². The van der Waals surface area contributed by atoms with E-state index < -0.39 is 0 Å². The predicted molar refractivity (Wildman–Crippen MR) is 123 cm³/mol. The summed E-state index contributed by atoms with van der Waals surface area (Å²) in [5.41, 5.74) is 4.72. The SMILES string of the molecule is COc1cc(OCc2ccccn2)ccc1/C=C/c1cc(/C=C/c2cccn2C)[nH]n1. The van der Waals surface area contributed by atoms with Crippen molar-refractivity contribution in [1.29, 1.82) is 0 Å². The topological polar surface area (TPSA) is 65.0 Å². The van der Waals surface area contributed by atoms with E-state index in [-0.39, 0.29) is 0 Å². The summed E-state index contributed by atoms with van der Waals surface area (Å²) < 4.78 is 13.4. The third-order valence-corrected chi connectivity index (χ3v) is 4.79. The van der Waals surface area contributed by atoms with Gasteiger partial charge in [-0.05, 0) is 66.8 Å². The fourth-order valence-electron chi connectivity index (χ4n) is 3.08. The highest BCUT2D eigenvalue weighted by atomic mass is 16.5. The lowest BCUT2D eigenvalue weighted by atomic mass is 10.1. The van der Waals surface area contributed by atoms with Crippen molar-refractivity contribution < 1.29 is 9.47 Å². The number of aromatic amines is 1. The number of nitrogens with zero attached hydrogens (tertiary/aromatic N) is 3. The molecule has 0 aliphatic heterocycles. The average Bonchev–Trinajstić information content (AvgIpc) is 3.44. The fraction of sp³-hybridized carbons (Fsp3) is 0.120. The highest BCUT2D eigenvalue weighted by Gasteiger charge is 2.04. The Bertz CT molecular complexity index is 1190. The highest BCUT2D eigenvalue weighted by molar-refractivity contribution is 5.73. The largest absolute Gasteiger partial charge is 0.496 e. The Labute approximate surface area is 181 Å². The van der Waals surface area contributed by atoms with E-state index in [0.29, 0.717) is 6.61 Å². The Morgan fingerprint density at radius 2 is 1.94 bits per heavy atom. The molecule has 6 heteroatoms. The molecule has 0 aliphatic rings. The van der Waals surface area contributed by atoms with Gasteiger partial charge in [-0.25, -0.2) is 0 Å². The van der Waals surface area contributed by atoms with Crippen LogP contribution in [-0.4, -0.2) is 26.9 Å². The number of pyridine rings is 1. The van der Waals surface area contributed by atoms with E-state index >= 15 is 0 Å². The lowest BCUT2D eigenvalue weighted by molar-refractivity contribution is 0.299. The smallest absolute Gasteiger partial charge is 0.130 e. The molecule has 3 heterocycles. The molecule has 1 N–H and O–H groups in total. The van der Waals surface area contributed by atoms with Crippen LogP contribution in [0.3, 0.4) is 0 Å². The van der Waals surface area contributed by atoms with Gasteiger partial charge < -0.3 is 14.0 Å². The quantitative estimate of drug-likeness (QED) is 0.439. The minimum atomic E-state index is 0.408. The molecule has 6 nitrogen and oxygen atoms in total. The van der Waals surface area contributed by atoms with E-state index in [0.717, 1.165) is 39.8 Å². The molecule has 0 amide bonds. The number of nitrogens with one attached hydrogen (secondary N) is 1. The Morgan fingerprint density at radius 1 is 1.00 bits per heavy atom. The van der Waals surface area contributed by atoms with Crippen molar-refractivity contribution in [2.45, 2.75) is 6.61 Å². The predicted octanol–water partition coefficient (Wildman–Crippen LogP) is 5.07. The molecule has 31 heavy (non-hydrogen) atoms. The highest BCUT2D eigenvalue weighted by Crippen LogP contribution is 2.27. The Morgan fingerprint density at radius 3 is 2.71 bits per heavy atom. The van der Waals surface area contributed by atoms with Gasteiger partial charge in [0, 0.05) is 36.8 Å². The number of benzene rings is 1. The van der Waals surface area contributed by atoms with Gasteiger partial charge in [0.1, 0.15) is 18.1 Å². The van der Waals surface area contributed by atoms with Crippen molar-refractivity contribution in [2.24, 2.45) is 7.05 Å². The van der Waals surface area contributed by atoms with E-state index in [2.05, 4.69) is 25.8 Å². The maximum atomic E-state index is 5.83. The van der Waals surface area contributed by atoms with Crippen LogP contribution in [0, 0.1) is 0 Å². The first-order valence-electron chi connectivity index (χ1n) is 9.95. The maximum absolute atomic E-state index is 5.83. The van der Waals surface area contributed by atoms with Crippen molar-refractivity contribution in [3.63, 3.8) is 0 Å². The Kier molecular flexibility index (Phi) is 6.28. The van der Waals surface area contributed by atoms with Gasteiger partial charge in [0.15, 0.2) is 0 Å².